The highest BCUT2D eigenvalue weighted by Crippen LogP contribution is 2.50. The SMILES string of the molecule is CC1CN2C(=O)[C@H](c3ccccc3)O[C@]2(O[Si](C)(C)C(C)(C)C)C1. The van der Waals surface area contributed by atoms with Crippen molar-refractivity contribution < 1.29 is 14.0 Å². The van der Waals surface area contributed by atoms with Crippen molar-refractivity contribution in [1.82, 2.24) is 4.90 Å². The summed E-state index contributed by atoms with van der Waals surface area (Å²) in [5.74, 6) is -0.472. The second kappa shape index (κ2) is 5.68. The Morgan fingerprint density at radius 3 is 2.46 bits per heavy atom. The Hall–Kier alpha value is -1.17. The highest BCUT2D eigenvalue weighted by atomic mass is 28.4. The fraction of sp³-hybridized carbons (Fsp3) is 0.632. The van der Waals surface area contributed by atoms with Gasteiger partial charge in [-0.05, 0) is 29.6 Å². The van der Waals surface area contributed by atoms with Crippen LogP contribution in [0.25, 0.3) is 0 Å². The molecule has 1 unspecified atom stereocenters. The Morgan fingerprint density at radius 2 is 1.88 bits per heavy atom. The molecule has 0 spiro atoms. The summed E-state index contributed by atoms with van der Waals surface area (Å²) in [4.78, 5) is 14.9. The molecule has 5 heteroatoms. The van der Waals surface area contributed by atoms with Gasteiger partial charge in [-0.2, -0.15) is 0 Å². The number of hydrogen-bond acceptors (Lipinski definition) is 3. The zero-order valence-corrected chi connectivity index (χ0v) is 16.6. The van der Waals surface area contributed by atoms with Crippen molar-refractivity contribution in [2.45, 2.75) is 64.3 Å². The van der Waals surface area contributed by atoms with E-state index in [1.807, 2.05) is 35.2 Å². The molecule has 0 aromatic heterocycles. The van der Waals surface area contributed by atoms with Gasteiger partial charge in [-0.25, -0.2) is 0 Å². The topological polar surface area (TPSA) is 38.8 Å². The summed E-state index contributed by atoms with van der Waals surface area (Å²) in [7, 11) is -2.07. The molecule has 1 aromatic rings. The van der Waals surface area contributed by atoms with Crippen LogP contribution in [0, 0.1) is 5.92 Å². The quantitative estimate of drug-likeness (QED) is 0.765. The monoisotopic (exact) mass is 347 g/mol. The minimum Gasteiger partial charge on any atom is -0.374 e. The summed E-state index contributed by atoms with van der Waals surface area (Å²) in [6, 6.07) is 9.75. The Kier molecular flexibility index (Phi) is 4.18. The number of ether oxygens (including phenoxy) is 1. The lowest BCUT2D eigenvalue weighted by Crippen LogP contribution is -2.54. The third-order valence-corrected chi connectivity index (χ3v) is 10.1. The van der Waals surface area contributed by atoms with E-state index < -0.39 is 20.3 Å². The third-order valence-electron chi connectivity index (χ3n) is 5.63. The maximum absolute atomic E-state index is 13.0. The number of fused-ring (bicyclic) bond motifs is 1. The van der Waals surface area contributed by atoms with E-state index in [1.165, 1.54) is 0 Å². The maximum atomic E-state index is 13.0. The normalized spacial score (nSPS) is 30.8. The van der Waals surface area contributed by atoms with Crippen molar-refractivity contribution in [1.29, 1.82) is 0 Å². The second-order valence-electron chi connectivity index (χ2n) is 8.74. The van der Waals surface area contributed by atoms with Crippen LogP contribution < -0.4 is 0 Å². The van der Waals surface area contributed by atoms with Crippen molar-refractivity contribution in [3.8, 4) is 0 Å². The predicted molar refractivity (Wildman–Crippen MR) is 96.8 cm³/mol. The van der Waals surface area contributed by atoms with Crippen molar-refractivity contribution in [2.24, 2.45) is 5.92 Å². The molecule has 3 rings (SSSR count). The summed E-state index contributed by atoms with van der Waals surface area (Å²) >= 11 is 0. The van der Waals surface area contributed by atoms with Crippen molar-refractivity contribution in [2.75, 3.05) is 6.54 Å². The molecule has 2 saturated heterocycles. The van der Waals surface area contributed by atoms with E-state index in [9.17, 15) is 4.79 Å². The largest absolute Gasteiger partial charge is 0.374 e. The number of nitrogens with zero attached hydrogens (tertiary/aromatic N) is 1. The third kappa shape index (κ3) is 2.83. The van der Waals surface area contributed by atoms with Crippen LogP contribution in [0.15, 0.2) is 30.3 Å². The van der Waals surface area contributed by atoms with Gasteiger partial charge in [0.05, 0.1) is 0 Å². The Morgan fingerprint density at radius 1 is 1.25 bits per heavy atom. The summed E-state index contributed by atoms with van der Waals surface area (Å²) in [5, 5.41) is 0.0660. The molecule has 3 atom stereocenters. The van der Waals surface area contributed by atoms with Gasteiger partial charge in [0.1, 0.15) is 0 Å². The molecule has 0 aliphatic carbocycles. The first-order valence-electron chi connectivity index (χ1n) is 8.80. The van der Waals surface area contributed by atoms with E-state index in [0.717, 1.165) is 12.0 Å². The molecule has 0 N–H and O–H groups in total. The van der Waals surface area contributed by atoms with Gasteiger partial charge in [-0.1, -0.05) is 58.0 Å². The van der Waals surface area contributed by atoms with Crippen LogP contribution in [0.3, 0.4) is 0 Å². The highest BCUT2D eigenvalue weighted by Gasteiger charge is 2.61. The van der Waals surface area contributed by atoms with Gasteiger partial charge in [0.25, 0.3) is 5.91 Å². The number of carbonyl (C=O) groups is 1. The Bertz CT molecular complexity index is 625. The Balaban J connectivity index is 1.94. The van der Waals surface area contributed by atoms with Gasteiger partial charge < -0.3 is 9.16 Å². The predicted octanol–water partition coefficient (Wildman–Crippen LogP) is 4.30. The minimum atomic E-state index is -2.07. The van der Waals surface area contributed by atoms with E-state index in [0.29, 0.717) is 12.5 Å². The molecular weight excluding hydrogens is 318 g/mol. The van der Waals surface area contributed by atoms with Gasteiger partial charge in [0.15, 0.2) is 14.4 Å². The van der Waals surface area contributed by atoms with E-state index >= 15 is 0 Å². The summed E-state index contributed by atoms with van der Waals surface area (Å²) in [6.07, 6.45) is 0.192. The number of hydrogen-bond donors (Lipinski definition) is 0. The molecule has 0 radical (unpaired) electrons. The summed E-state index contributed by atoms with van der Waals surface area (Å²) in [5.41, 5.74) is 0.905. The van der Waals surface area contributed by atoms with E-state index in [4.69, 9.17) is 9.16 Å². The molecule has 2 aliphatic rings. The number of carbonyl (C=O) groups excluding carboxylic acids is 1. The van der Waals surface area contributed by atoms with Gasteiger partial charge in [-0.3, -0.25) is 9.69 Å². The average molecular weight is 348 g/mol. The zero-order valence-electron chi connectivity index (χ0n) is 15.6. The molecule has 2 fully saturated rings. The molecular formula is C19H29NO3Si. The first-order valence-corrected chi connectivity index (χ1v) is 11.7. The summed E-state index contributed by atoms with van der Waals surface area (Å²) < 4.78 is 13.1. The van der Waals surface area contributed by atoms with Crippen molar-refractivity contribution >= 4 is 14.2 Å². The van der Waals surface area contributed by atoms with Crippen LogP contribution in [-0.4, -0.2) is 31.6 Å². The fourth-order valence-electron chi connectivity index (χ4n) is 3.32. The second-order valence-corrected chi connectivity index (χ2v) is 13.5. The molecule has 2 heterocycles. The molecule has 4 nitrogen and oxygen atoms in total. The number of amides is 1. The van der Waals surface area contributed by atoms with Crippen molar-refractivity contribution in [3.63, 3.8) is 0 Å². The van der Waals surface area contributed by atoms with E-state index in [-0.39, 0.29) is 10.9 Å². The van der Waals surface area contributed by atoms with Gasteiger partial charge in [0, 0.05) is 13.0 Å². The minimum absolute atomic E-state index is 0.0317. The molecule has 2 aliphatic heterocycles. The highest BCUT2D eigenvalue weighted by molar-refractivity contribution is 6.74. The molecule has 24 heavy (non-hydrogen) atoms. The van der Waals surface area contributed by atoms with Crippen molar-refractivity contribution in [3.05, 3.63) is 35.9 Å². The fourth-order valence-corrected chi connectivity index (χ4v) is 4.67. The molecule has 0 bridgehead atoms. The first kappa shape index (κ1) is 17.6. The van der Waals surface area contributed by atoms with Gasteiger partial charge >= 0.3 is 0 Å². The maximum Gasteiger partial charge on any atom is 0.260 e. The summed E-state index contributed by atoms with van der Waals surface area (Å²) in [6.45, 7) is 13.9. The lowest BCUT2D eigenvalue weighted by Gasteiger charge is -2.43. The molecule has 132 valence electrons. The average Bonchev–Trinajstić information content (AvgIpc) is 2.91. The van der Waals surface area contributed by atoms with E-state index in [2.05, 4.69) is 40.8 Å². The number of rotatable bonds is 3. The van der Waals surface area contributed by atoms with Crippen LogP contribution in [0.5, 0.6) is 0 Å². The van der Waals surface area contributed by atoms with E-state index in [1.54, 1.807) is 0 Å². The smallest absolute Gasteiger partial charge is 0.260 e. The Labute approximate surface area is 146 Å². The van der Waals surface area contributed by atoms with Crippen LogP contribution in [0.4, 0.5) is 0 Å². The van der Waals surface area contributed by atoms with Crippen LogP contribution in [0.1, 0.15) is 45.8 Å². The molecule has 1 amide bonds. The standard InChI is InChI=1S/C19H29NO3Si/c1-14-12-19(23-24(5,6)18(2,3)4)20(13-14)17(21)16(22-19)15-10-8-7-9-11-15/h7-11,14,16H,12-13H2,1-6H3/t14?,16-,19-/m0/s1. The van der Waals surface area contributed by atoms with Crippen LogP contribution in [0.2, 0.25) is 18.1 Å². The van der Waals surface area contributed by atoms with Gasteiger partial charge in [-0.15, -0.1) is 0 Å². The van der Waals surface area contributed by atoms with Crippen LogP contribution >= 0.6 is 0 Å². The van der Waals surface area contributed by atoms with Gasteiger partial charge in [0.2, 0.25) is 5.91 Å². The molecule has 1 aromatic carbocycles. The lowest BCUT2D eigenvalue weighted by molar-refractivity contribution is -0.230. The molecule has 0 saturated carbocycles. The zero-order chi connectivity index (χ0) is 17.8. The van der Waals surface area contributed by atoms with Crippen LogP contribution in [-0.2, 0) is 14.0 Å². The number of benzene rings is 1. The first-order chi connectivity index (χ1) is 11.1. The lowest BCUT2D eigenvalue weighted by atomic mass is 10.1.